The minimum absolute atomic E-state index is 0.377. The average Bonchev–Trinajstić information content (AvgIpc) is 2.72. The van der Waals surface area contributed by atoms with Gasteiger partial charge in [-0.2, -0.15) is 0 Å². The van der Waals surface area contributed by atoms with Crippen LogP contribution < -0.4 is 0 Å². The zero-order valence-electron chi connectivity index (χ0n) is 21.3. The van der Waals surface area contributed by atoms with Crippen molar-refractivity contribution >= 4 is 0 Å². The predicted molar refractivity (Wildman–Crippen MR) is 122 cm³/mol. The first-order valence-corrected chi connectivity index (χ1v) is 11.9. The van der Waals surface area contributed by atoms with Gasteiger partial charge in [0.25, 0.3) is 0 Å². The molecule has 0 heterocycles. The molecular formula is C27H52. The fourth-order valence-electron chi connectivity index (χ4n) is 9.18. The number of rotatable bonds is 2. The summed E-state index contributed by atoms with van der Waals surface area (Å²) in [6.07, 6.45) is 1.33. The Kier molecular flexibility index (Phi) is 5.84. The smallest absolute Gasteiger partial charge is 0.0218 e. The van der Waals surface area contributed by atoms with Crippen LogP contribution in [0.15, 0.2) is 0 Å². The van der Waals surface area contributed by atoms with Gasteiger partial charge in [0, 0.05) is 0 Å². The molecule has 2 rings (SSSR count). The quantitative estimate of drug-likeness (QED) is 0.452. The van der Waals surface area contributed by atoms with Crippen LogP contribution in [0.2, 0.25) is 0 Å². The largest absolute Gasteiger partial charge is 0.0619 e. The Morgan fingerprint density at radius 2 is 1.26 bits per heavy atom. The average molecular weight is 377 g/mol. The van der Waals surface area contributed by atoms with E-state index in [0.29, 0.717) is 21.7 Å². The van der Waals surface area contributed by atoms with Gasteiger partial charge in [0.05, 0.1) is 0 Å². The van der Waals surface area contributed by atoms with Gasteiger partial charge in [0.1, 0.15) is 0 Å². The van der Waals surface area contributed by atoms with Crippen molar-refractivity contribution in [2.45, 2.75) is 103 Å². The van der Waals surface area contributed by atoms with Crippen LogP contribution in [0.25, 0.3) is 0 Å². The fourth-order valence-corrected chi connectivity index (χ4v) is 9.18. The summed E-state index contributed by atoms with van der Waals surface area (Å²) in [7, 11) is 0. The fraction of sp³-hybridized carbons (Fsp3) is 1.00. The Morgan fingerprint density at radius 3 is 1.67 bits per heavy atom. The Hall–Kier alpha value is 0. The third-order valence-electron chi connectivity index (χ3n) is 10.2. The van der Waals surface area contributed by atoms with Gasteiger partial charge in [-0.15, -0.1) is 0 Å². The van der Waals surface area contributed by atoms with Crippen molar-refractivity contribution < 1.29 is 0 Å². The van der Waals surface area contributed by atoms with E-state index in [9.17, 15) is 0 Å². The molecule has 0 aliphatic heterocycles. The molecule has 0 aromatic carbocycles. The van der Waals surface area contributed by atoms with E-state index in [-0.39, 0.29) is 0 Å². The Labute approximate surface area is 172 Å². The summed E-state index contributed by atoms with van der Waals surface area (Å²) in [5.41, 5.74) is 1.58. The van der Waals surface area contributed by atoms with Gasteiger partial charge in [-0.3, -0.25) is 0 Å². The van der Waals surface area contributed by atoms with Crippen molar-refractivity contribution in [2.75, 3.05) is 0 Å². The van der Waals surface area contributed by atoms with E-state index >= 15 is 0 Å². The molecule has 0 radical (unpaired) electrons. The van der Waals surface area contributed by atoms with E-state index in [2.05, 4.69) is 96.9 Å². The van der Waals surface area contributed by atoms with Crippen LogP contribution >= 0.6 is 0 Å². The molecule has 2 fully saturated rings. The van der Waals surface area contributed by atoms with Gasteiger partial charge in [-0.05, 0) is 75.4 Å². The molecule has 0 nitrogen and oxygen atoms in total. The van der Waals surface area contributed by atoms with Crippen molar-refractivity contribution in [3.8, 4) is 0 Å². The molecule has 160 valence electrons. The first-order chi connectivity index (χ1) is 11.9. The van der Waals surface area contributed by atoms with Gasteiger partial charge in [0.2, 0.25) is 0 Å². The summed E-state index contributed by atoms with van der Waals surface area (Å²) in [6.45, 7) is 35.7. The van der Waals surface area contributed by atoms with Crippen LogP contribution in [0, 0.1) is 69.0 Å². The molecule has 8 unspecified atom stereocenters. The summed E-state index contributed by atoms with van der Waals surface area (Å²) in [5.74, 6) is 6.56. The standard InChI is InChI=1S/C27H52/c1-16(15-24(6,7)8)27(14)20(5)17(2)21-18(3)22(25(9,10)11)19(4)23(21)26(27,12)13/h16-23H,15H2,1-14H3/t16?,17?,18?,19?,20?,21-,22?,23?,27?/m0/s1. The van der Waals surface area contributed by atoms with E-state index < -0.39 is 0 Å². The molecule has 2 saturated carbocycles. The lowest BCUT2D eigenvalue weighted by Gasteiger charge is -2.64. The van der Waals surface area contributed by atoms with Crippen molar-refractivity contribution in [3.63, 3.8) is 0 Å². The van der Waals surface area contributed by atoms with Crippen LogP contribution in [0.1, 0.15) is 103 Å². The third-order valence-corrected chi connectivity index (χ3v) is 10.2. The topological polar surface area (TPSA) is 0 Å². The second-order valence-corrected chi connectivity index (χ2v) is 14.0. The molecular weight excluding hydrogens is 324 g/mol. The molecule has 0 saturated heterocycles. The molecule has 27 heavy (non-hydrogen) atoms. The van der Waals surface area contributed by atoms with Crippen molar-refractivity contribution in [1.29, 1.82) is 0 Å². The zero-order chi connectivity index (χ0) is 21.3. The highest BCUT2D eigenvalue weighted by Crippen LogP contribution is 2.71. The highest BCUT2D eigenvalue weighted by atomic mass is 14.7. The second kappa shape index (κ2) is 6.77. The minimum Gasteiger partial charge on any atom is -0.0619 e. The van der Waals surface area contributed by atoms with E-state index in [4.69, 9.17) is 0 Å². The summed E-state index contributed by atoms with van der Waals surface area (Å²) < 4.78 is 0. The van der Waals surface area contributed by atoms with Gasteiger partial charge in [-0.25, -0.2) is 0 Å². The van der Waals surface area contributed by atoms with Crippen molar-refractivity contribution in [2.24, 2.45) is 69.0 Å². The Morgan fingerprint density at radius 1 is 0.778 bits per heavy atom. The molecule has 2 aliphatic carbocycles. The Bertz CT molecular complexity index is 527. The maximum absolute atomic E-state index is 2.67. The first kappa shape index (κ1) is 23.3. The van der Waals surface area contributed by atoms with Crippen LogP contribution in [0.5, 0.6) is 0 Å². The van der Waals surface area contributed by atoms with E-state index in [1.165, 1.54) is 6.42 Å². The van der Waals surface area contributed by atoms with E-state index in [1.54, 1.807) is 0 Å². The molecule has 0 spiro atoms. The second-order valence-electron chi connectivity index (χ2n) is 14.0. The van der Waals surface area contributed by atoms with Gasteiger partial charge < -0.3 is 0 Å². The van der Waals surface area contributed by atoms with E-state index in [0.717, 1.165) is 47.3 Å². The van der Waals surface area contributed by atoms with Gasteiger partial charge >= 0.3 is 0 Å². The highest BCUT2D eigenvalue weighted by molar-refractivity contribution is 5.14. The predicted octanol–water partition coefficient (Wildman–Crippen LogP) is 8.56. The van der Waals surface area contributed by atoms with Crippen molar-refractivity contribution in [1.82, 2.24) is 0 Å². The molecule has 0 aromatic rings. The van der Waals surface area contributed by atoms with Gasteiger partial charge in [0.15, 0.2) is 0 Å². The van der Waals surface area contributed by atoms with Gasteiger partial charge in [-0.1, -0.05) is 96.9 Å². The molecule has 0 amide bonds. The lowest BCUT2D eigenvalue weighted by atomic mass is 9.40. The molecule has 0 bridgehead atoms. The number of hydrogen-bond acceptors (Lipinski definition) is 0. The monoisotopic (exact) mass is 376 g/mol. The number of hydrogen-bond donors (Lipinski definition) is 0. The maximum atomic E-state index is 2.67. The normalized spacial score (nSPS) is 46.2. The molecule has 2 aliphatic rings. The van der Waals surface area contributed by atoms with Crippen molar-refractivity contribution in [3.05, 3.63) is 0 Å². The summed E-state index contributed by atoms with van der Waals surface area (Å²) in [6, 6.07) is 0. The highest BCUT2D eigenvalue weighted by Gasteiger charge is 2.66. The summed E-state index contributed by atoms with van der Waals surface area (Å²) >= 11 is 0. The van der Waals surface area contributed by atoms with Crippen LogP contribution in [-0.2, 0) is 0 Å². The molecule has 9 atom stereocenters. The Balaban J connectivity index is 2.56. The summed E-state index contributed by atoms with van der Waals surface area (Å²) in [4.78, 5) is 0. The molecule has 0 N–H and O–H groups in total. The molecule has 0 heteroatoms. The third kappa shape index (κ3) is 3.44. The lowest BCUT2D eigenvalue weighted by Crippen LogP contribution is -2.59. The van der Waals surface area contributed by atoms with Crippen LogP contribution in [0.4, 0.5) is 0 Å². The first-order valence-electron chi connectivity index (χ1n) is 11.9. The van der Waals surface area contributed by atoms with Crippen LogP contribution in [0.3, 0.4) is 0 Å². The zero-order valence-corrected chi connectivity index (χ0v) is 21.3. The number of fused-ring (bicyclic) bond motifs is 1. The lowest BCUT2D eigenvalue weighted by molar-refractivity contribution is -0.165. The minimum atomic E-state index is 0.377. The SMILES string of the molecule is CC1C(C(C)(C)C)C(C)[C@@H]2C(C)C(C)C(C)(C(C)CC(C)(C)C)C(C)(C)C12. The van der Waals surface area contributed by atoms with E-state index in [1.807, 2.05) is 0 Å². The molecule has 0 aromatic heterocycles. The summed E-state index contributed by atoms with van der Waals surface area (Å²) in [5, 5.41) is 0. The van der Waals surface area contributed by atoms with Crippen LogP contribution in [-0.4, -0.2) is 0 Å². The maximum Gasteiger partial charge on any atom is -0.0218 e.